The van der Waals surface area contributed by atoms with Gasteiger partial charge in [-0.2, -0.15) is 0 Å². The Labute approximate surface area is 123 Å². The van der Waals surface area contributed by atoms with Crippen molar-refractivity contribution in [1.82, 2.24) is 4.98 Å². The average molecular weight is 338 g/mol. The number of aromatic hydroxyl groups is 1. The highest BCUT2D eigenvalue weighted by atomic mass is 79.9. The van der Waals surface area contributed by atoms with E-state index in [4.69, 9.17) is 0 Å². The predicted molar refractivity (Wildman–Crippen MR) is 78.9 cm³/mol. The van der Waals surface area contributed by atoms with E-state index in [-0.39, 0.29) is 17.3 Å². The molecule has 7 heteroatoms. The normalized spacial score (nSPS) is 10.2. The smallest absolute Gasteiger partial charge is 0.312 e. The first-order valence-electron chi connectivity index (χ1n) is 5.88. The molecule has 1 heterocycles. The second-order valence-electron chi connectivity index (χ2n) is 4.12. The summed E-state index contributed by atoms with van der Waals surface area (Å²) in [6, 6.07) is 8.24. The third kappa shape index (κ3) is 3.67. The zero-order valence-corrected chi connectivity index (χ0v) is 12.0. The molecule has 1 aromatic heterocycles. The third-order valence-electron chi connectivity index (χ3n) is 2.67. The van der Waals surface area contributed by atoms with Gasteiger partial charge in [0.15, 0.2) is 0 Å². The number of aromatic nitrogens is 1. The van der Waals surface area contributed by atoms with Gasteiger partial charge in [-0.3, -0.25) is 10.1 Å². The minimum absolute atomic E-state index is 0.0647. The first-order chi connectivity index (χ1) is 9.56. The topological polar surface area (TPSA) is 88.3 Å². The van der Waals surface area contributed by atoms with Crippen molar-refractivity contribution in [2.75, 3.05) is 11.9 Å². The van der Waals surface area contributed by atoms with Gasteiger partial charge in [0.2, 0.25) is 5.82 Å². The molecule has 0 bridgehead atoms. The highest BCUT2D eigenvalue weighted by Crippen LogP contribution is 2.25. The summed E-state index contributed by atoms with van der Waals surface area (Å²) >= 11 is 3.16. The maximum absolute atomic E-state index is 10.9. The Morgan fingerprint density at radius 3 is 2.70 bits per heavy atom. The highest BCUT2D eigenvalue weighted by molar-refractivity contribution is 9.10. The van der Waals surface area contributed by atoms with Crippen molar-refractivity contribution in [3.05, 3.63) is 56.7 Å². The molecule has 2 aromatic rings. The maximum Gasteiger partial charge on any atom is 0.312 e. The minimum atomic E-state index is -0.472. The molecule has 0 saturated carbocycles. The Bertz CT molecular complexity index is 617. The van der Waals surface area contributed by atoms with Crippen LogP contribution in [0.15, 0.2) is 41.0 Å². The van der Waals surface area contributed by atoms with E-state index in [1.54, 1.807) is 24.3 Å². The van der Waals surface area contributed by atoms with Crippen LogP contribution in [0.1, 0.15) is 5.56 Å². The number of benzene rings is 1. The average Bonchev–Trinajstić information content (AvgIpc) is 2.42. The van der Waals surface area contributed by atoms with Gasteiger partial charge in [-0.15, -0.1) is 0 Å². The fraction of sp³-hybridized carbons (Fsp3) is 0.154. The van der Waals surface area contributed by atoms with Gasteiger partial charge in [-0.1, -0.05) is 12.1 Å². The number of halogens is 1. The number of nitro groups is 1. The molecule has 0 aliphatic rings. The zero-order valence-electron chi connectivity index (χ0n) is 10.4. The molecule has 0 spiro atoms. The molecule has 0 atom stereocenters. The molecule has 0 aliphatic heterocycles. The summed E-state index contributed by atoms with van der Waals surface area (Å²) in [5.74, 6) is 0.462. The molecule has 1 aromatic carbocycles. The molecule has 0 radical (unpaired) electrons. The van der Waals surface area contributed by atoms with Crippen LogP contribution in [0, 0.1) is 10.1 Å². The van der Waals surface area contributed by atoms with Crippen LogP contribution < -0.4 is 5.32 Å². The van der Waals surface area contributed by atoms with Crippen LogP contribution in [0.25, 0.3) is 0 Å². The van der Waals surface area contributed by atoms with E-state index in [9.17, 15) is 15.2 Å². The third-order valence-corrected chi connectivity index (χ3v) is 3.11. The molecule has 20 heavy (non-hydrogen) atoms. The van der Waals surface area contributed by atoms with Crippen molar-refractivity contribution in [1.29, 1.82) is 0 Å². The lowest BCUT2D eigenvalue weighted by molar-refractivity contribution is -0.384. The Morgan fingerprint density at radius 1 is 1.35 bits per heavy atom. The standard InChI is InChI=1S/C13H12BrN3O3/c14-10-7-12(17(19)20)13(16-8-10)15-6-5-9-1-3-11(18)4-2-9/h1-4,7-8,18H,5-6H2,(H,15,16). The molecule has 0 fully saturated rings. The van der Waals surface area contributed by atoms with Gasteiger partial charge in [0, 0.05) is 23.3 Å². The molecule has 0 unspecified atom stereocenters. The number of pyridine rings is 1. The number of anilines is 1. The fourth-order valence-electron chi connectivity index (χ4n) is 1.69. The van der Waals surface area contributed by atoms with Crippen molar-refractivity contribution in [3.63, 3.8) is 0 Å². The highest BCUT2D eigenvalue weighted by Gasteiger charge is 2.15. The van der Waals surface area contributed by atoms with Crippen LogP contribution >= 0.6 is 15.9 Å². The number of rotatable bonds is 5. The van der Waals surface area contributed by atoms with Gasteiger partial charge in [0.25, 0.3) is 0 Å². The van der Waals surface area contributed by atoms with Crippen molar-refractivity contribution in [3.8, 4) is 5.75 Å². The molecule has 0 aliphatic carbocycles. The number of phenolic OH excluding ortho intramolecular Hbond substituents is 1. The minimum Gasteiger partial charge on any atom is -0.508 e. The van der Waals surface area contributed by atoms with E-state index >= 15 is 0 Å². The lowest BCUT2D eigenvalue weighted by Crippen LogP contribution is -2.08. The quantitative estimate of drug-likeness (QED) is 0.646. The summed E-state index contributed by atoms with van der Waals surface area (Å²) in [7, 11) is 0. The van der Waals surface area contributed by atoms with E-state index < -0.39 is 4.92 Å². The van der Waals surface area contributed by atoms with Crippen molar-refractivity contribution >= 4 is 27.4 Å². The molecule has 6 nitrogen and oxygen atoms in total. The zero-order chi connectivity index (χ0) is 14.5. The van der Waals surface area contributed by atoms with Crippen LogP contribution in [-0.4, -0.2) is 21.6 Å². The lowest BCUT2D eigenvalue weighted by atomic mass is 10.1. The summed E-state index contributed by atoms with van der Waals surface area (Å²) in [6.45, 7) is 0.514. The van der Waals surface area contributed by atoms with Gasteiger partial charge >= 0.3 is 5.69 Å². The van der Waals surface area contributed by atoms with Crippen LogP contribution in [0.5, 0.6) is 5.75 Å². The van der Waals surface area contributed by atoms with Crippen molar-refractivity contribution in [2.45, 2.75) is 6.42 Å². The largest absolute Gasteiger partial charge is 0.508 e. The van der Waals surface area contributed by atoms with E-state index in [0.29, 0.717) is 17.4 Å². The summed E-state index contributed by atoms with van der Waals surface area (Å²) in [5, 5.41) is 23.0. The summed E-state index contributed by atoms with van der Waals surface area (Å²) in [4.78, 5) is 14.5. The Hall–Kier alpha value is -2.15. The number of hydrogen-bond acceptors (Lipinski definition) is 5. The van der Waals surface area contributed by atoms with E-state index in [1.165, 1.54) is 12.3 Å². The summed E-state index contributed by atoms with van der Waals surface area (Å²) in [5.41, 5.74) is 0.958. The Kier molecular flexibility index (Phi) is 4.52. The van der Waals surface area contributed by atoms with Crippen LogP contribution in [0.4, 0.5) is 11.5 Å². The molecular formula is C13H12BrN3O3. The first kappa shape index (κ1) is 14.3. The van der Waals surface area contributed by atoms with Gasteiger partial charge < -0.3 is 10.4 Å². The summed E-state index contributed by atoms with van der Waals surface area (Å²) in [6.07, 6.45) is 2.19. The van der Waals surface area contributed by atoms with Crippen LogP contribution in [0.2, 0.25) is 0 Å². The monoisotopic (exact) mass is 337 g/mol. The summed E-state index contributed by atoms with van der Waals surface area (Å²) < 4.78 is 0.563. The van der Waals surface area contributed by atoms with E-state index in [0.717, 1.165) is 5.56 Å². The number of nitrogens with zero attached hydrogens (tertiary/aromatic N) is 2. The molecule has 104 valence electrons. The van der Waals surface area contributed by atoms with Gasteiger partial charge in [-0.05, 0) is 40.0 Å². The van der Waals surface area contributed by atoms with Crippen molar-refractivity contribution in [2.24, 2.45) is 0 Å². The molecule has 2 rings (SSSR count). The Morgan fingerprint density at radius 2 is 2.05 bits per heavy atom. The van der Waals surface area contributed by atoms with Crippen LogP contribution in [0.3, 0.4) is 0 Å². The number of hydrogen-bond donors (Lipinski definition) is 2. The molecule has 0 amide bonds. The second-order valence-corrected chi connectivity index (χ2v) is 5.04. The maximum atomic E-state index is 10.9. The molecular weight excluding hydrogens is 326 g/mol. The SMILES string of the molecule is O=[N+]([O-])c1cc(Br)cnc1NCCc1ccc(O)cc1. The van der Waals surface area contributed by atoms with E-state index in [2.05, 4.69) is 26.2 Å². The molecule has 2 N–H and O–H groups in total. The number of phenols is 1. The van der Waals surface area contributed by atoms with Crippen LogP contribution in [-0.2, 0) is 6.42 Å². The first-order valence-corrected chi connectivity index (χ1v) is 6.67. The molecule has 0 saturated heterocycles. The van der Waals surface area contributed by atoms with Gasteiger partial charge in [0.1, 0.15) is 5.75 Å². The number of nitrogens with one attached hydrogen (secondary N) is 1. The Balaban J connectivity index is 2.00. The second kappa shape index (κ2) is 6.33. The van der Waals surface area contributed by atoms with Crippen molar-refractivity contribution < 1.29 is 10.0 Å². The van der Waals surface area contributed by atoms with Gasteiger partial charge in [-0.25, -0.2) is 4.98 Å². The van der Waals surface area contributed by atoms with E-state index in [1.807, 2.05) is 0 Å². The van der Waals surface area contributed by atoms with Gasteiger partial charge in [0.05, 0.1) is 4.92 Å². The predicted octanol–water partition coefficient (Wildman–Crippen LogP) is 3.11. The lowest BCUT2D eigenvalue weighted by Gasteiger charge is -2.06. The fourth-order valence-corrected chi connectivity index (χ4v) is 2.01.